The summed E-state index contributed by atoms with van der Waals surface area (Å²) in [4.78, 5) is 29.8. The van der Waals surface area contributed by atoms with Gasteiger partial charge in [-0.25, -0.2) is 0 Å². The molecule has 1 aromatic carbocycles. The molecule has 0 radical (unpaired) electrons. The molecule has 0 fully saturated rings. The molecule has 0 aliphatic carbocycles. The molecule has 0 saturated carbocycles. The Hall–Kier alpha value is -3.12. The van der Waals surface area contributed by atoms with Crippen LogP contribution in [-0.4, -0.2) is 22.6 Å². The molecule has 27 heavy (non-hydrogen) atoms. The number of hydrogen-bond donors (Lipinski definition) is 1. The van der Waals surface area contributed by atoms with Gasteiger partial charge in [-0.15, -0.1) is 0 Å². The van der Waals surface area contributed by atoms with Gasteiger partial charge in [-0.2, -0.15) is 0 Å². The lowest BCUT2D eigenvalue weighted by atomic mass is 10.1. The fourth-order valence-electron chi connectivity index (χ4n) is 2.72. The van der Waals surface area contributed by atoms with Crippen molar-refractivity contribution in [1.82, 2.24) is 14.9 Å². The van der Waals surface area contributed by atoms with Crippen molar-refractivity contribution >= 4 is 17.5 Å². The second-order valence-electron chi connectivity index (χ2n) is 5.84. The molecule has 0 aliphatic heterocycles. The molecule has 3 rings (SSSR count). The SMILES string of the molecule is COc1ccccc1-n1ccc(C)c(C(=O)NCc2ncccc2Cl)c1=O. The average Bonchev–Trinajstić information content (AvgIpc) is 2.67. The van der Waals surface area contributed by atoms with Gasteiger partial charge in [0.1, 0.15) is 11.3 Å². The van der Waals surface area contributed by atoms with Crippen LogP contribution in [0.3, 0.4) is 0 Å². The van der Waals surface area contributed by atoms with Crippen molar-refractivity contribution in [2.24, 2.45) is 0 Å². The minimum Gasteiger partial charge on any atom is -0.495 e. The third kappa shape index (κ3) is 3.85. The third-order valence-electron chi connectivity index (χ3n) is 4.12. The Labute approximate surface area is 161 Å². The van der Waals surface area contributed by atoms with E-state index in [-0.39, 0.29) is 12.1 Å². The van der Waals surface area contributed by atoms with Crippen molar-refractivity contribution in [2.45, 2.75) is 13.5 Å². The number of pyridine rings is 2. The van der Waals surface area contributed by atoms with Gasteiger partial charge in [0.05, 0.1) is 30.1 Å². The van der Waals surface area contributed by atoms with E-state index in [2.05, 4.69) is 10.3 Å². The Bertz CT molecular complexity index is 1050. The van der Waals surface area contributed by atoms with Crippen LogP contribution in [0.15, 0.2) is 59.7 Å². The predicted molar refractivity (Wildman–Crippen MR) is 104 cm³/mol. The van der Waals surface area contributed by atoms with Gasteiger partial charge in [0.15, 0.2) is 0 Å². The topological polar surface area (TPSA) is 73.2 Å². The summed E-state index contributed by atoms with van der Waals surface area (Å²) in [6.45, 7) is 1.84. The molecule has 138 valence electrons. The van der Waals surface area contributed by atoms with Crippen LogP contribution in [0.2, 0.25) is 5.02 Å². The number of nitrogens with zero attached hydrogens (tertiary/aromatic N) is 2. The number of hydrogen-bond acceptors (Lipinski definition) is 4. The summed E-state index contributed by atoms with van der Waals surface area (Å²) >= 11 is 6.06. The second kappa shape index (κ2) is 8.05. The van der Waals surface area contributed by atoms with Gasteiger partial charge < -0.3 is 10.1 Å². The number of nitrogens with one attached hydrogen (secondary N) is 1. The summed E-state index contributed by atoms with van der Waals surface area (Å²) < 4.78 is 6.72. The van der Waals surface area contributed by atoms with Crippen molar-refractivity contribution in [1.29, 1.82) is 0 Å². The first-order chi connectivity index (χ1) is 13.0. The molecule has 7 heteroatoms. The smallest absolute Gasteiger partial charge is 0.268 e. The zero-order valence-corrected chi connectivity index (χ0v) is 15.7. The van der Waals surface area contributed by atoms with Crippen LogP contribution in [0.25, 0.3) is 5.69 Å². The molecular weight excluding hydrogens is 366 g/mol. The maximum Gasteiger partial charge on any atom is 0.268 e. The molecule has 0 aliphatic rings. The van der Waals surface area contributed by atoms with Crippen molar-refractivity contribution in [2.75, 3.05) is 7.11 Å². The highest BCUT2D eigenvalue weighted by molar-refractivity contribution is 6.31. The van der Waals surface area contributed by atoms with E-state index in [1.165, 1.54) is 11.7 Å². The van der Waals surface area contributed by atoms with E-state index in [1.54, 1.807) is 55.7 Å². The molecule has 0 spiro atoms. The van der Waals surface area contributed by atoms with Gasteiger partial charge in [0, 0.05) is 12.4 Å². The van der Waals surface area contributed by atoms with Gasteiger partial charge in [-0.05, 0) is 42.8 Å². The van der Waals surface area contributed by atoms with Gasteiger partial charge in [0.2, 0.25) is 0 Å². The van der Waals surface area contributed by atoms with Crippen molar-refractivity contribution in [3.8, 4) is 11.4 Å². The van der Waals surface area contributed by atoms with Crippen molar-refractivity contribution in [3.63, 3.8) is 0 Å². The third-order valence-corrected chi connectivity index (χ3v) is 4.47. The molecule has 1 N–H and O–H groups in total. The first-order valence-electron chi connectivity index (χ1n) is 8.26. The standard InChI is InChI=1S/C20H18ClN3O3/c1-13-9-11-24(16-7-3-4-8-17(16)27-2)20(26)18(13)19(25)23-12-15-14(21)6-5-10-22-15/h3-11H,12H2,1-2H3,(H,23,25). The van der Waals surface area contributed by atoms with Gasteiger partial charge in [-0.3, -0.25) is 19.1 Å². The van der Waals surface area contributed by atoms with Crippen LogP contribution in [0, 0.1) is 6.92 Å². The van der Waals surface area contributed by atoms with Crippen LogP contribution in [0.4, 0.5) is 0 Å². The number of amides is 1. The number of carbonyl (C=O) groups is 1. The van der Waals surface area contributed by atoms with E-state index in [0.29, 0.717) is 27.7 Å². The monoisotopic (exact) mass is 383 g/mol. The molecule has 0 saturated heterocycles. The number of para-hydroxylation sites is 2. The van der Waals surface area contributed by atoms with E-state index in [1.807, 2.05) is 6.07 Å². The molecule has 6 nitrogen and oxygen atoms in total. The van der Waals surface area contributed by atoms with Gasteiger partial charge >= 0.3 is 0 Å². The summed E-state index contributed by atoms with van der Waals surface area (Å²) in [5.74, 6) is 0.0542. The number of methoxy groups -OCH3 is 1. The molecule has 2 heterocycles. The van der Waals surface area contributed by atoms with E-state index in [9.17, 15) is 9.59 Å². The van der Waals surface area contributed by atoms with Gasteiger partial charge in [0.25, 0.3) is 11.5 Å². The summed E-state index contributed by atoms with van der Waals surface area (Å²) in [6, 6.07) is 12.2. The minimum atomic E-state index is -0.483. The summed E-state index contributed by atoms with van der Waals surface area (Å²) in [6.07, 6.45) is 3.22. The lowest BCUT2D eigenvalue weighted by Crippen LogP contribution is -2.33. The molecule has 1 amide bonds. The van der Waals surface area contributed by atoms with E-state index in [0.717, 1.165) is 0 Å². The fraction of sp³-hybridized carbons (Fsp3) is 0.150. The lowest BCUT2D eigenvalue weighted by molar-refractivity contribution is 0.0948. The Morgan fingerprint density at radius 2 is 2.00 bits per heavy atom. The zero-order chi connectivity index (χ0) is 19.4. The molecule has 0 unspecified atom stereocenters. The number of carbonyl (C=O) groups excluding carboxylic acids is 1. The molecule has 0 bridgehead atoms. The summed E-state index contributed by atoms with van der Waals surface area (Å²) in [5, 5.41) is 3.17. The highest BCUT2D eigenvalue weighted by Crippen LogP contribution is 2.21. The van der Waals surface area contributed by atoms with Crippen LogP contribution in [-0.2, 0) is 6.54 Å². The Kier molecular flexibility index (Phi) is 5.57. The molecule has 0 atom stereocenters. The normalized spacial score (nSPS) is 10.5. The first-order valence-corrected chi connectivity index (χ1v) is 8.64. The quantitative estimate of drug-likeness (QED) is 0.734. The van der Waals surface area contributed by atoms with E-state index < -0.39 is 11.5 Å². The maximum atomic E-state index is 13.0. The number of aromatic nitrogens is 2. The van der Waals surface area contributed by atoms with Crippen LogP contribution in [0.1, 0.15) is 21.6 Å². The Morgan fingerprint density at radius 3 is 2.74 bits per heavy atom. The highest BCUT2D eigenvalue weighted by Gasteiger charge is 2.18. The zero-order valence-electron chi connectivity index (χ0n) is 14.9. The van der Waals surface area contributed by atoms with Gasteiger partial charge in [-0.1, -0.05) is 23.7 Å². The largest absolute Gasteiger partial charge is 0.495 e. The number of benzene rings is 1. The fourth-order valence-corrected chi connectivity index (χ4v) is 2.91. The highest BCUT2D eigenvalue weighted by atomic mass is 35.5. The molecule has 2 aromatic heterocycles. The Morgan fingerprint density at radius 1 is 1.22 bits per heavy atom. The lowest BCUT2D eigenvalue weighted by Gasteiger charge is -2.13. The number of aryl methyl sites for hydroxylation is 1. The number of halogens is 1. The second-order valence-corrected chi connectivity index (χ2v) is 6.24. The summed E-state index contributed by atoms with van der Waals surface area (Å²) in [5.41, 5.74) is 1.31. The Balaban J connectivity index is 1.95. The van der Waals surface area contributed by atoms with Crippen molar-refractivity contribution in [3.05, 3.63) is 87.1 Å². The summed E-state index contributed by atoms with van der Waals surface area (Å²) in [7, 11) is 1.53. The van der Waals surface area contributed by atoms with Crippen LogP contribution in [0.5, 0.6) is 5.75 Å². The maximum absolute atomic E-state index is 13.0. The first kappa shape index (κ1) is 18.7. The molecule has 3 aromatic rings. The number of rotatable bonds is 5. The van der Waals surface area contributed by atoms with Crippen molar-refractivity contribution < 1.29 is 9.53 Å². The van der Waals surface area contributed by atoms with E-state index in [4.69, 9.17) is 16.3 Å². The molecular formula is C20H18ClN3O3. The van der Waals surface area contributed by atoms with Crippen LogP contribution < -0.4 is 15.6 Å². The predicted octanol–water partition coefficient (Wildman–Crippen LogP) is 3.13. The van der Waals surface area contributed by atoms with E-state index >= 15 is 0 Å². The minimum absolute atomic E-state index is 0.0652. The van der Waals surface area contributed by atoms with Crippen LogP contribution >= 0.6 is 11.6 Å². The number of ether oxygens (including phenoxy) is 1. The average molecular weight is 384 g/mol.